The highest BCUT2D eigenvalue weighted by molar-refractivity contribution is 6.18. The quantitative estimate of drug-likeness (QED) is 0.129. The number of nitrogens with zero attached hydrogens (tertiary/aromatic N) is 8. The van der Waals surface area contributed by atoms with Crippen LogP contribution in [0.3, 0.4) is 0 Å². The van der Waals surface area contributed by atoms with E-state index in [1.807, 2.05) is 6.07 Å². The molecule has 20 rings (SSSR count). The molecule has 14 aromatic carbocycles. The number of rotatable bonds is 11. The Bertz CT molecular complexity index is 6640. The molecule has 0 fully saturated rings. The maximum absolute atomic E-state index is 5.58. The fourth-order valence-electron chi connectivity index (χ4n) is 15.4. The molecule has 6 aromatic heterocycles. The standard InChI is InChI=1S/C92H58N8/c1-5-24-59(25-6-1)78-57-80(95-91(93-78)99-84-43-19-15-38-73(84)76-54-63(47-50-87(76)99)64-46-49-74-71-36-13-17-41-82(71)98(89(74)56-64)69-34-11-4-12-35-69)66-30-21-28-61(52-66)62-29-22-31-67(53-62)81-58-79(60-26-7-2-8-27-60)94-92(96-81)100-85-44-20-16-39-75(85)90-70(40-23-45-88(90)100)65-48-51-86-77(55-65)72-37-14-18-42-83(72)97(86)68-32-9-3-10-33-68/h1-58H. The van der Waals surface area contributed by atoms with Gasteiger partial charge in [0, 0.05) is 76.7 Å². The first-order valence-corrected chi connectivity index (χ1v) is 33.9. The van der Waals surface area contributed by atoms with Gasteiger partial charge in [-0.05, 0) is 143 Å². The van der Waals surface area contributed by atoms with E-state index in [1.54, 1.807) is 0 Å². The third kappa shape index (κ3) is 9.30. The molecule has 8 nitrogen and oxygen atoms in total. The van der Waals surface area contributed by atoms with Crippen LogP contribution in [0.25, 0.3) is 189 Å². The van der Waals surface area contributed by atoms with Crippen LogP contribution in [-0.2, 0) is 0 Å². The fourth-order valence-corrected chi connectivity index (χ4v) is 15.4. The van der Waals surface area contributed by atoms with E-state index >= 15 is 0 Å². The molecule has 0 atom stereocenters. The van der Waals surface area contributed by atoms with E-state index in [-0.39, 0.29) is 0 Å². The largest absolute Gasteiger partial charge is 0.309 e. The molecule has 8 heteroatoms. The summed E-state index contributed by atoms with van der Waals surface area (Å²) in [6, 6.07) is 126. The van der Waals surface area contributed by atoms with Crippen molar-refractivity contribution in [2.75, 3.05) is 0 Å². The predicted octanol–water partition coefficient (Wildman–Crippen LogP) is 23.3. The van der Waals surface area contributed by atoms with Crippen LogP contribution in [-0.4, -0.2) is 38.2 Å². The second kappa shape index (κ2) is 23.1. The van der Waals surface area contributed by atoms with Crippen molar-refractivity contribution in [2.45, 2.75) is 0 Å². The Balaban J connectivity index is 0.691. The van der Waals surface area contributed by atoms with Crippen LogP contribution in [0.1, 0.15) is 0 Å². The average Bonchev–Trinajstić information content (AvgIpc) is 1.60. The Hall–Kier alpha value is -13.6. The third-order valence-corrected chi connectivity index (χ3v) is 20.0. The SMILES string of the molecule is c1ccc(-c2cc(-c3cccc(-c4cccc(-c5cc(-c6ccccc6)nc(-n6c7ccccc7c7c(-c8ccc9c(c8)c8ccccc8n9-c8ccccc8)cccc76)n5)c4)c3)nc(-n3c4ccccc4c4cc(-c5ccc6c7ccccc7n(-c7ccccc7)c6c5)ccc43)n2)cc1. The Labute approximate surface area is 575 Å². The number of hydrogen-bond acceptors (Lipinski definition) is 4. The number of benzene rings is 14. The minimum Gasteiger partial charge on any atom is -0.309 e. The summed E-state index contributed by atoms with van der Waals surface area (Å²) in [6.45, 7) is 0. The van der Waals surface area contributed by atoms with Gasteiger partial charge >= 0.3 is 0 Å². The zero-order chi connectivity index (χ0) is 65.8. The van der Waals surface area contributed by atoms with Crippen LogP contribution in [0, 0.1) is 0 Å². The van der Waals surface area contributed by atoms with Gasteiger partial charge in [-0.1, -0.05) is 243 Å². The minimum absolute atomic E-state index is 0.590. The number of hydrogen-bond donors (Lipinski definition) is 0. The topological polar surface area (TPSA) is 71.3 Å². The van der Waals surface area contributed by atoms with Crippen molar-refractivity contribution in [3.63, 3.8) is 0 Å². The first-order valence-electron chi connectivity index (χ1n) is 33.9. The van der Waals surface area contributed by atoms with E-state index in [1.165, 1.54) is 43.6 Å². The Morgan fingerprint density at radius 2 is 0.500 bits per heavy atom. The molecule has 0 aliphatic rings. The number of aromatic nitrogens is 8. The van der Waals surface area contributed by atoms with E-state index < -0.39 is 0 Å². The molecule has 0 aliphatic carbocycles. The van der Waals surface area contributed by atoms with Gasteiger partial charge in [0.25, 0.3) is 0 Å². The maximum atomic E-state index is 5.58. The van der Waals surface area contributed by atoms with Gasteiger partial charge in [-0.15, -0.1) is 0 Å². The summed E-state index contributed by atoms with van der Waals surface area (Å²) in [5.74, 6) is 1.18. The van der Waals surface area contributed by atoms with Crippen molar-refractivity contribution in [3.8, 4) is 102 Å². The van der Waals surface area contributed by atoms with Gasteiger partial charge in [-0.3, -0.25) is 9.13 Å². The summed E-state index contributed by atoms with van der Waals surface area (Å²) in [5, 5.41) is 9.40. The summed E-state index contributed by atoms with van der Waals surface area (Å²) in [5.41, 5.74) is 24.9. The number of para-hydroxylation sites is 6. The van der Waals surface area contributed by atoms with Crippen LogP contribution >= 0.6 is 0 Å². The van der Waals surface area contributed by atoms with Crippen LogP contribution in [0.4, 0.5) is 0 Å². The van der Waals surface area contributed by atoms with Crippen molar-refractivity contribution in [2.24, 2.45) is 0 Å². The van der Waals surface area contributed by atoms with Gasteiger partial charge in [-0.25, -0.2) is 19.9 Å². The van der Waals surface area contributed by atoms with Crippen molar-refractivity contribution in [1.82, 2.24) is 38.2 Å². The average molecular weight is 1280 g/mol. The fraction of sp³-hybridized carbons (Fsp3) is 0. The lowest BCUT2D eigenvalue weighted by Gasteiger charge is -2.14. The van der Waals surface area contributed by atoms with Crippen LogP contribution in [0.15, 0.2) is 352 Å². The van der Waals surface area contributed by atoms with E-state index in [2.05, 4.69) is 364 Å². The van der Waals surface area contributed by atoms with E-state index in [9.17, 15) is 0 Å². The molecular weight excluding hydrogens is 1220 g/mol. The molecule has 466 valence electrons. The minimum atomic E-state index is 0.590. The smallest absolute Gasteiger partial charge is 0.235 e. The highest BCUT2D eigenvalue weighted by atomic mass is 15.2. The molecule has 0 bridgehead atoms. The summed E-state index contributed by atoms with van der Waals surface area (Å²) in [6.07, 6.45) is 0. The molecule has 6 heterocycles. The van der Waals surface area contributed by atoms with Gasteiger partial charge in [0.1, 0.15) is 0 Å². The van der Waals surface area contributed by atoms with Gasteiger partial charge in [0.2, 0.25) is 11.9 Å². The maximum Gasteiger partial charge on any atom is 0.235 e. The Morgan fingerprint density at radius 3 is 1.05 bits per heavy atom. The van der Waals surface area contributed by atoms with Crippen molar-refractivity contribution in [3.05, 3.63) is 352 Å². The molecule has 0 saturated heterocycles. The van der Waals surface area contributed by atoms with Crippen molar-refractivity contribution < 1.29 is 0 Å². The highest BCUT2D eigenvalue weighted by Gasteiger charge is 2.24. The molecule has 0 saturated carbocycles. The van der Waals surface area contributed by atoms with Gasteiger partial charge < -0.3 is 9.13 Å². The second-order valence-electron chi connectivity index (χ2n) is 25.7. The molecule has 100 heavy (non-hydrogen) atoms. The molecule has 20 aromatic rings. The van der Waals surface area contributed by atoms with Crippen LogP contribution < -0.4 is 0 Å². The lowest BCUT2D eigenvalue weighted by molar-refractivity contribution is 0.995. The Kier molecular flexibility index (Phi) is 13.1. The van der Waals surface area contributed by atoms with E-state index in [4.69, 9.17) is 19.9 Å². The van der Waals surface area contributed by atoms with Crippen LogP contribution in [0.5, 0.6) is 0 Å². The van der Waals surface area contributed by atoms with Gasteiger partial charge in [-0.2, -0.15) is 0 Å². The first-order chi connectivity index (χ1) is 49.6. The summed E-state index contributed by atoms with van der Waals surface area (Å²) in [4.78, 5) is 22.0. The zero-order valence-electron chi connectivity index (χ0n) is 54.1. The lowest BCUT2D eigenvalue weighted by Crippen LogP contribution is -2.04. The van der Waals surface area contributed by atoms with Crippen molar-refractivity contribution in [1.29, 1.82) is 0 Å². The molecule has 0 unspecified atom stereocenters. The summed E-state index contributed by atoms with van der Waals surface area (Å²) in [7, 11) is 0. The molecule has 0 aliphatic heterocycles. The molecular formula is C92H58N8. The van der Waals surface area contributed by atoms with E-state index in [0.29, 0.717) is 11.9 Å². The third-order valence-electron chi connectivity index (χ3n) is 20.0. The predicted molar refractivity (Wildman–Crippen MR) is 413 cm³/mol. The monoisotopic (exact) mass is 1270 g/mol. The summed E-state index contributed by atoms with van der Waals surface area (Å²) < 4.78 is 9.24. The zero-order valence-corrected chi connectivity index (χ0v) is 54.1. The van der Waals surface area contributed by atoms with Crippen LogP contribution in [0.2, 0.25) is 0 Å². The molecule has 0 amide bonds. The molecule has 0 N–H and O–H groups in total. The van der Waals surface area contributed by atoms with Gasteiger partial charge in [0.05, 0.1) is 66.9 Å². The summed E-state index contributed by atoms with van der Waals surface area (Å²) >= 11 is 0. The van der Waals surface area contributed by atoms with Gasteiger partial charge in [0.15, 0.2) is 0 Å². The molecule has 0 spiro atoms. The molecule has 0 radical (unpaired) electrons. The Morgan fingerprint density at radius 1 is 0.170 bits per heavy atom. The lowest BCUT2D eigenvalue weighted by atomic mass is 9.98. The number of fused-ring (bicyclic) bond motifs is 12. The normalized spacial score (nSPS) is 11.8. The van der Waals surface area contributed by atoms with E-state index in [0.717, 1.165) is 133 Å². The first kappa shape index (κ1) is 56.8. The van der Waals surface area contributed by atoms with Crippen molar-refractivity contribution >= 4 is 87.2 Å². The second-order valence-corrected chi connectivity index (χ2v) is 25.7. The highest BCUT2D eigenvalue weighted by Crippen LogP contribution is 2.44.